The summed E-state index contributed by atoms with van der Waals surface area (Å²) in [4.78, 5) is 14.6. The van der Waals surface area contributed by atoms with Crippen LogP contribution in [-0.4, -0.2) is 12.5 Å². The monoisotopic (exact) mass is 266 g/mol. The molecule has 2 aromatic carbocycles. The second-order valence-corrected chi connectivity index (χ2v) is 5.31. The molecule has 2 N–H and O–H groups in total. The maximum absolute atomic E-state index is 12.7. The zero-order valence-electron chi connectivity index (χ0n) is 11.6. The van der Waals surface area contributed by atoms with Crippen molar-refractivity contribution in [3.63, 3.8) is 0 Å². The number of nitrogens with two attached hydrogens (primary N) is 1. The first-order valence-electron chi connectivity index (χ1n) is 6.92. The maximum atomic E-state index is 12.7. The van der Waals surface area contributed by atoms with Crippen molar-refractivity contribution in [3.8, 4) is 0 Å². The van der Waals surface area contributed by atoms with Crippen molar-refractivity contribution in [1.29, 1.82) is 0 Å². The highest BCUT2D eigenvalue weighted by atomic mass is 16.2. The summed E-state index contributed by atoms with van der Waals surface area (Å²) in [5.74, 6) is 0.0524. The van der Waals surface area contributed by atoms with Crippen LogP contribution in [0.25, 0.3) is 0 Å². The zero-order valence-corrected chi connectivity index (χ0v) is 11.6. The van der Waals surface area contributed by atoms with Crippen molar-refractivity contribution in [2.75, 3.05) is 17.2 Å². The molecule has 0 aromatic heterocycles. The van der Waals surface area contributed by atoms with Crippen LogP contribution >= 0.6 is 0 Å². The summed E-state index contributed by atoms with van der Waals surface area (Å²) >= 11 is 0. The summed E-state index contributed by atoms with van der Waals surface area (Å²) in [6.07, 6.45) is 2.05. The van der Waals surface area contributed by atoms with Crippen molar-refractivity contribution in [2.24, 2.45) is 0 Å². The predicted molar refractivity (Wildman–Crippen MR) is 82.0 cm³/mol. The molecule has 0 bridgehead atoms. The van der Waals surface area contributed by atoms with Crippen LogP contribution in [0.3, 0.4) is 0 Å². The first-order chi connectivity index (χ1) is 9.65. The van der Waals surface area contributed by atoms with E-state index in [-0.39, 0.29) is 5.91 Å². The number of benzene rings is 2. The van der Waals surface area contributed by atoms with Gasteiger partial charge in [0.2, 0.25) is 0 Å². The minimum Gasteiger partial charge on any atom is -0.399 e. The first kappa shape index (κ1) is 12.7. The van der Waals surface area contributed by atoms with Gasteiger partial charge in [-0.25, -0.2) is 0 Å². The van der Waals surface area contributed by atoms with E-state index in [0.717, 1.165) is 25.1 Å². The summed E-state index contributed by atoms with van der Waals surface area (Å²) in [6.45, 7) is 2.83. The average Bonchev–Trinajstić information content (AvgIpc) is 2.46. The normalized spacial score (nSPS) is 13.9. The highest BCUT2D eigenvalue weighted by Crippen LogP contribution is 2.29. The highest BCUT2D eigenvalue weighted by molar-refractivity contribution is 6.06. The lowest BCUT2D eigenvalue weighted by Gasteiger charge is -2.30. The average molecular weight is 266 g/mol. The van der Waals surface area contributed by atoms with Crippen molar-refractivity contribution in [1.82, 2.24) is 0 Å². The first-order valence-corrected chi connectivity index (χ1v) is 6.92. The fourth-order valence-electron chi connectivity index (χ4n) is 2.68. The van der Waals surface area contributed by atoms with Gasteiger partial charge in [0.15, 0.2) is 0 Å². The molecule has 0 spiro atoms. The van der Waals surface area contributed by atoms with Gasteiger partial charge in [0.1, 0.15) is 0 Å². The number of carbonyl (C=O) groups is 1. The summed E-state index contributed by atoms with van der Waals surface area (Å²) < 4.78 is 0. The fraction of sp³-hybridized carbons (Fsp3) is 0.235. The van der Waals surface area contributed by atoms with Crippen molar-refractivity contribution >= 4 is 17.3 Å². The molecule has 1 aliphatic heterocycles. The summed E-state index contributed by atoms with van der Waals surface area (Å²) in [6, 6.07) is 13.5. The number of nitrogen functional groups attached to an aromatic ring is 1. The molecule has 0 aliphatic carbocycles. The molecule has 102 valence electrons. The molecule has 2 aromatic rings. The van der Waals surface area contributed by atoms with E-state index in [1.54, 1.807) is 24.3 Å². The van der Waals surface area contributed by atoms with Crippen molar-refractivity contribution in [3.05, 3.63) is 59.2 Å². The zero-order chi connectivity index (χ0) is 14.1. The Morgan fingerprint density at radius 1 is 1.15 bits per heavy atom. The van der Waals surface area contributed by atoms with Gasteiger partial charge in [-0.05, 0) is 61.2 Å². The third-order valence-electron chi connectivity index (χ3n) is 3.76. The van der Waals surface area contributed by atoms with Gasteiger partial charge >= 0.3 is 0 Å². The van der Waals surface area contributed by atoms with E-state index in [0.29, 0.717) is 11.3 Å². The van der Waals surface area contributed by atoms with Gasteiger partial charge in [-0.2, -0.15) is 0 Å². The SMILES string of the molecule is Cc1ccc2c(c1)N(C(=O)c1ccc(N)cc1)CCC2. The summed E-state index contributed by atoms with van der Waals surface area (Å²) in [5, 5.41) is 0. The van der Waals surface area contributed by atoms with Crippen LogP contribution in [-0.2, 0) is 6.42 Å². The Labute approximate surface area is 119 Å². The second-order valence-electron chi connectivity index (χ2n) is 5.31. The third-order valence-corrected chi connectivity index (χ3v) is 3.76. The number of aryl methyl sites for hydroxylation is 2. The van der Waals surface area contributed by atoms with E-state index in [2.05, 4.69) is 25.1 Å². The number of carbonyl (C=O) groups excluding carboxylic acids is 1. The van der Waals surface area contributed by atoms with Crippen molar-refractivity contribution < 1.29 is 4.79 Å². The number of amides is 1. The van der Waals surface area contributed by atoms with Crippen LogP contribution in [0.5, 0.6) is 0 Å². The van der Waals surface area contributed by atoms with E-state index >= 15 is 0 Å². The quantitative estimate of drug-likeness (QED) is 0.806. The van der Waals surface area contributed by atoms with Gasteiger partial charge in [0.05, 0.1) is 0 Å². The van der Waals surface area contributed by atoms with Gasteiger partial charge in [-0.1, -0.05) is 12.1 Å². The molecule has 0 fully saturated rings. The van der Waals surface area contributed by atoms with E-state index in [4.69, 9.17) is 5.73 Å². The second kappa shape index (κ2) is 5.00. The number of fused-ring (bicyclic) bond motifs is 1. The lowest BCUT2D eigenvalue weighted by atomic mass is 9.99. The lowest BCUT2D eigenvalue weighted by Crippen LogP contribution is -2.35. The molecule has 1 heterocycles. The largest absolute Gasteiger partial charge is 0.399 e. The molecule has 0 saturated carbocycles. The van der Waals surface area contributed by atoms with Crippen LogP contribution in [0.4, 0.5) is 11.4 Å². The van der Waals surface area contributed by atoms with E-state index < -0.39 is 0 Å². The molecule has 3 rings (SSSR count). The summed E-state index contributed by atoms with van der Waals surface area (Å²) in [5.41, 5.74) is 10.5. The Hall–Kier alpha value is -2.29. The Kier molecular flexibility index (Phi) is 3.18. The molecule has 3 heteroatoms. The number of rotatable bonds is 1. The smallest absolute Gasteiger partial charge is 0.258 e. The van der Waals surface area contributed by atoms with Crippen LogP contribution in [0, 0.1) is 6.92 Å². The predicted octanol–water partition coefficient (Wildman–Crippen LogP) is 3.17. The highest BCUT2D eigenvalue weighted by Gasteiger charge is 2.23. The molecule has 0 radical (unpaired) electrons. The Bertz CT molecular complexity index is 647. The van der Waals surface area contributed by atoms with Crippen LogP contribution in [0.15, 0.2) is 42.5 Å². The standard InChI is InChI=1S/C17H18N2O/c1-12-4-5-13-3-2-10-19(16(13)11-12)17(20)14-6-8-15(18)9-7-14/h4-9,11H,2-3,10,18H2,1H3. The number of hydrogen-bond acceptors (Lipinski definition) is 2. The van der Waals surface area contributed by atoms with Gasteiger partial charge in [-0.15, -0.1) is 0 Å². The molecule has 3 nitrogen and oxygen atoms in total. The Balaban J connectivity index is 1.97. The van der Waals surface area contributed by atoms with Gasteiger partial charge in [0.25, 0.3) is 5.91 Å². The Morgan fingerprint density at radius 2 is 1.90 bits per heavy atom. The molecular formula is C17H18N2O. The number of anilines is 2. The van der Waals surface area contributed by atoms with Crippen molar-refractivity contribution in [2.45, 2.75) is 19.8 Å². The Morgan fingerprint density at radius 3 is 2.65 bits per heavy atom. The van der Waals surface area contributed by atoms with E-state index in [1.807, 2.05) is 4.90 Å². The fourth-order valence-corrected chi connectivity index (χ4v) is 2.68. The van der Waals surface area contributed by atoms with E-state index in [9.17, 15) is 4.79 Å². The topological polar surface area (TPSA) is 46.3 Å². The minimum absolute atomic E-state index is 0.0524. The van der Waals surface area contributed by atoms with E-state index in [1.165, 1.54) is 11.1 Å². The van der Waals surface area contributed by atoms with Crippen LogP contribution < -0.4 is 10.6 Å². The third kappa shape index (κ3) is 2.27. The van der Waals surface area contributed by atoms with Gasteiger partial charge in [-0.3, -0.25) is 4.79 Å². The molecule has 0 unspecified atom stereocenters. The molecular weight excluding hydrogens is 248 g/mol. The molecule has 1 aliphatic rings. The van der Waals surface area contributed by atoms with Gasteiger partial charge in [0, 0.05) is 23.5 Å². The van der Waals surface area contributed by atoms with Crippen LogP contribution in [0.1, 0.15) is 27.9 Å². The minimum atomic E-state index is 0.0524. The molecule has 20 heavy (non-hydrogen) atoms. The summed E-state index contributed by atoms with van der Waals surface area (Å²) in [7, 11) is 0. The number of hydrogen-bond donors (Lipinski definition) is 1. The molecule has 1 amide bonds. The lowest BCUT2D eigenvalue weighted by molar-refractivity contribution is 0.0985. The molecule has 0 saturated heterocycles. The molecule has 0 atom stereocenters. The van der Waals surface area contributed by atoms with Gasteiger partial charge < -0.3 is 10.6 Å². The maximum Gasteiger partial charge on any atom is 0.258 e. The van der Waals surface area contributed by atoms with Crippen LogP contribution in [0.2, 0.25) is 0 Å². The number of nitrogens with zero attached hydrogens (tertiary/aromatic N) is 1.